The predicted octanol–water partition coefficient (Wildman–Crippen LogP) is 2.34. The normalized spacial score (nSPS) is 15.9. The maximum absolute atomic E-state index is 8.58. The van der Waals surface area contributed by atoms with Crippen LogP contribution in [0.2, 0.25) is 0 Å². The summed E-state index contributed by atoms with van der Waals surface area (Å²) in [6.07, 6.45) is 9.86. The molecule has 1 N–H and O–H groups in total. The quantitative estimate of drug-likeness (QED) is 0.839. The molecule has 0 unspecified atom stereocenters. The van der Waals surface area contributed by atoms with Gasteiger partial charge in [0, 0.05) is 6.54 Å². The zero-order valence-electron chi connectivity index (χ0n) is 9.32. The second-order valence-electron chi connectivity index (χ2n) is 4.26. The van der Waals surface area contributed by atoms with E-state index in [1.165, 1.54) is 38.3 Å². The van der Waals surface area contributed by atoms with Gasteiger partial charge in [-0.1, -0.05) is 25.7 Å². The average Bonchev–Trinajstić information content (AvgIpc) is 2.83. The fraction of sp³-hybridized carbons (Fsp3) is 0.583. The molecule has 1 aromatic heterocycles. The monoisotopic (exact) mass is 216 g/mol. The van der Waals surface area contributed by atoms with Gasteiger partial charge in [-0.05, 0) is 12.3 Å². The van der Waals surface area contributed by atoms with Crippen molar-refractivity contribution in [1.82, 2.24) is 9.97 Å². The van der Waals surface area contributed by atoms with Gasteiger partial charge < -0.3 is 5.32 Å². The Balaban J connectivity index is 1.74. The Labute approximate surface area is 95.7 Å². The average molecular weight is 216 g/mol. The molecular formula is C12H16N4. The summed E-state index contributed by atoms with van der Waals surface area (Å²) in [5.41, 5.74) is 0.362. The van der Waals surface area contributed by atoms with Gasteiger partial charge in [0.25, 0.3) is 0 Å². The third-order valence-corrected chi connectivity index (χ3v) is 3.10. The molecule has 0 aromatic carbocycles. The van der Waals surface area contributed by atoms with Gasteiger partial charge in [0.1, 0.15) is 11.9 Å². The van der Waals surface area contributed by atoms with Crippen LogP contribution in [0, 0.1) is 17.2 Å². The molecule has 0 saturated heterocycles. The molecule has 4 nitrogen and oxygen atoms in total. The van der Waals surface area contributed by atoms with Crippen molar-refractivity contribution < 1.29 is 0 Å². The summed E-state index contributed by atoms with van der Waals surface area (Å²) in [6, 6.07) is 1.95. The predicted molar refractivity (Wildman–Crippen MR) is 61.8 cm³/mol. The van der Waals surface area contributed by atoms with Crippen molar-refractivity contribution in [2.75, 3.05) is 11.9 Å². The van der Waals surface area contributed by atoms with Crippen LogP contribution in [0.4, 0.5) is 5.82 Å². The zero-order chi connectivity index (χ0) is 11.2. The minimum atomic E-state index is 0.362. The van der Waals surface area contributed by atoms with Crippen molar-refractivity contribution in [3.05, 3.63) is 18.1 Å². The number of nitrogens with one attached hydrogen (secondary N) is 1. The zero-order valence-corrected chi connectivity index (χ0v) is 9.32. The van der Waals surface area contributed by atoms with E-state index in [2.05, 4.69) is 15.3 Å². The molecule has 1 fully saturated rings. The van der Waals surface area contributed by atoms with Crippen LogP contribution < -0.4 is 5.32 Å². The molecule has 16 heavy (non-hydrogen) atoms. The first-order chi connectivity index (χ1) is 7.88. The molecule has 2 rings (SSSR count). The number of hydrogen-bond donors (Lipinski definition) is 1. The van der Waals surface area contributed by atoms with Crippen molar-refractivity contribution >= 4 is 5.82 Å². The third kappa shape index (κ3) is 2.93. The molecule has 1 heterocycles. The minimum absolute atomic E-state index is 0.362. The lowest BCUT2D eigenvalue weighted by Crippen LogP contribution is -2.08. The van der Waals surface area contributed by atoms with E-state index in [0.717, 1.165) is 18.3 Å². The molecule has 4 heteroatoms. The number of nitrogens with zero attached hydrogens (tertiary/aromatic N) is 3. The smallest absolute Gasteiger partial charge is 0.158 e. The minimum Gasteiger partial charge on any atom is -0.369 e. The standard InChI is InChI=1S/C12H16N4/c13-7-11-8-16-12(9-15-11)14-6-5-10-3-1-2-4-10/h8-10H,1-6H2,(H,14,16). The second-order valence-corrected chi connectivity index (χ2v) is 4.26. The van der Waals surface area contributed by atoms with Crippen molar-refractivity contribution in [3.8, 4) is 6.07 Å². The van der Waals surface area contributed by atoms with E-state index in [1.807, 2.05) is 6.07 Å². The lowest BCUT2D eigenvalue weighted by molar-refractivity contribution is 0.518. The van der Waals surface area contributed by atoms with Crippen LogP contribution in [0.1, 0.15) is 37.8 Å². The number of rotatable bonds is 4. The Bertz CT molecular complexity index is 360. The Hall–Kier alpha value is -1.63. The molecule has 84 valence electrons. The van der Waals surface area contributed by atoms with Gasteiger partial charge in [0.15, 0.2) is 5.69 Å². The highest BCUT2D eigenvalue weighted by Gasteiger charge is 2.13. The van der Waals surface area contributed by atoms with Crippen LogP contribution in [0.5, 0.6) is 0 Å². The molecule has 1 saturated carbocycles. The maximum atomic E-state index is 8.58. The van der Waals surface area contributed by atoms with Crippen molar-refractivity contribution in [1.29, 1.82) is 5.26 Å². The number of anilines is 1. The highest BCUT2D eigenvalue weighted by Crippen LogP contribution is 2.27. The van der Waals surface area contributed by atoms with Gasteiger partial charge in [-0.2, -0.15) is 5.26 Å². The van der Waals surface area contributed by atoms with Gasteiger partial charge in [-0.25, -0.2) is 9.97 Å². The van der Waals surface area contributed by atoms with Crippen molar-refractivity contribution in [3.63, 3.8) is 0 Å². The van der Waals surface area contributed by atoms with E-state index >= 15 is 0 Å². The molecule has 1 aromatic rings. The van der Waals surface area contributed by atoms with Crippen LogP contribution in [0.25, 0.3) is 0 Å². The first-order valence-corrected chi connectivity index (χ1v) is 5.84. The van der Waals surface area contributed by atoms with E-state index in [-0.39, 0.29) is 0 Å². The van der Waals surface area contributed by atoms with Crippen molar-refractivity contribution in [2.45, 2.75) is 32.1 Å². The van der Waals surface area contributed by atoms with E-state index in [1.54, 1.807) is 6.20 Å². The molecule has 1 aliphatic carbocycles. The Kier molecular flexibility index (Phi) is 3.71. The van der Waals surface area contributed by atoms with Crippen LogP contribution in [-0.2, 0) is 0 Å². The molecular weight excluding hydrogens is 200 g/mol. The summed E-state index contributed by atoms with van der Waals surface area (Å²) in [5.74, 6) is 1.65. The van der Waals surface area contributed by atoms with Gasteiger partial charge in [-0.15, -0.1) is 0 Å². The van der Waals surface area contributed by atoms with Crippen LogP contribution in [0.15, 0.2) is 12.4 Å². The Morgan fingerprint density at radius 2 is 2.12 bits per heavy atom. The summed E-state index contributed by atoms with van der Waals surface area (Å²) >= 11 is 0. The van der Waals surface area contributed by atoms with Gasteiger partial charge in [-0.3, -0.25) is 0 Å². The van der Waals surface area contributed by atoms with Crippen LogP contribution in [0.3, 0.4) is 0 Å². The molecule has 0 bridgehead atoms. The Morgan fingerprint density at radius 1 is 1.31 bits per heavy atom. The summed E-state index contributed by atoms with van der Waals surface area (Å²) in [7, 11) is 0. The van der Waals surface area contributed by atoms with Crippen molar-refractivity contribution in [2.24, 2.45) is 5.92 Å². The SMILES string of the molecule is N#Cc1cnc(NCCC2CCCC2)cn1. The Morgan fingerprint density at radius 3 is 2.75 bits per heavy atom. The lowest BCUT2D eigenvalue weighted by atomic mass is 10.0. The fourth-order valence-corrected chi connectivity index (χ4v) is 2.18. The first-order valence-electron chi connectivity index (χ1n) is 5.84. The summed E-state index contributed by atoms with van der Waals surface area (Å²) in [6.45, 7) is 0.950. The van der Waals surface area contributed by atoms with E-state index in [0.29, 0.717) is 5.69 Å². The molecule has 0 amide bonds. The highest BCUT2D eigenvalue weighted by atomic mass is 15.0. The third-order valence-electron chi connectivity index (χ3n) is 3.10. The first kappa shape index (κ1) is 10.9. The number of hydrogen-bond acceptors (Lipinski definition) is 4. The largest absolute Gasteiger partial charge is 0.369 e. The molecule has 0 aliphatic heterocycles. The van der Waals surface area contributed by atoms with Gasteiger partial charge in [0.05, 0.1) is 12.4 Å². The van der Waals surface area contributed by atoms with E-state index in [9.17, 15) is 0 Å². The number of aromatic nitrogens is 2. The summed E-state index contributed by atoms with van der Waals surface area (Å²) < 4.78 is 0. The molecule has 1 aliphatic rings. The summed E-state index contributed by atoms with van der Waals surface area (Å²) in [4.78, 5) is 8.08. The topological polar surface area (TPSA) is 61.6 Å². The highest BCUT2D eigenvalue weighted by molar-refractivity contribution is 5.32. The summed E-state index contributed by atoms with van der Waals surface area (Å²) in [5, 5.41) is 11.8. The molecule has 0 radical (unpaired) electrons. The molecule has 0 atom stereocenters. The van der Waals surface area contributed by atoms with E-state index in [4.69, 9.17) is 5.26 Å². The lowest BCUT2D eigenvalue weighted by Gasteiger charge is -2.09. The molecule has 0 spiro atoms. The maximum Gasteiger partial charge on any atom is 0.158 e. The van der Waals surface area contributed by atoms with E-state index < -0.39 is 0 Å². The number of nitriles is 1. The second kappa shape index (κ2) is 5.45. The van der Waals surface area contributed by atoms with Crippen LogP contribution in [-0.4, -0.2) is 16.5 Å². The van der Waals surface area contributed by atoms with Crippen LogP contribution >= 0.6 is 0 Å². The van der Waals surface area contributed by atoms with Gasteiger partial charge in [0.2, 0.25) is 0 Å². The fourth-order valence-electron chi connectivity index (χ4n) is 2.18. The van der Waals surface area contributed by atoms with Gasteiger partial charge >= 0.3 is 0 Å².